The standard InChI is InChI=1S/C22H19NO3S/c24-21(17-8-3-1-4-9-17)16-27-20-13-7-10-18(14-20)23-22(25)15-26-19-11-5-2-6-12-19/h1-14H,15-16H2,(H,23,25). The van der Waals surface area contributed by atoms with Gasteiger partial charge in [0.1, 0.15) is 5.75 Å². The highest BCUT2D eigenvalue weighted by Crippen LogP contribution is 2.22. The van der Waals surface area contributed by atoms with Crippen LogP contribution in [0.4, 0.5) is 5.69 Å². The number of carbonyl (C=O) groups excluding carboxylic acids is 2. The molecular formula is C22H19NO3S. The third kappa shape index (κ3) is 6.01. The van der Waals surface area contributed by atoms with E-state index < -0.39 is 0 Å². The van der Waals surface area contributed by atoms with Crippen molar-refractivity contribution in [2.75, 3.05) is 17.7 Å². The summed E-state index contributed by atoms with van der Waals surface area (Å²) in [7, 11) is 0. The first-order chi connectivity index (χ1) is 13.2. The Balaban J connectivity index is 1.51. The van der Waals surface area contributed by atoms with Gasteiger partial charge in [-0.1, -0.05) is 54.6 Å². The van der Waals surface area contributed by atoms with Crippen LogP contribution in [-0.4, -0.2) is 24.1 Å². The number of nitrogens with one attached hydrogen (secondary N) is 1. The molecule has 0 saturated heterocycles. The quantitative estimate of drug-likeness (QED) is 0.457. The maximum Gasteiger partial charge on any atom is 0.262 e. The molecule has 3 rings (SSSR count). The van der Waals surface area contributed by atoms with Crippen molar-refractivity contribution in [3.8, 4) is 5.75 Å². The molecule has 1 amide bonds. The molecule has 3 aromatic rings. The van der Waals surface area contributed by atoms with Gasteiger partial charge in [-0.25, -0.2) is 0 Å². The number of hydrogen-bond donors (Lipinski definition) is 1. The first-order valence-electron chi connectivity index (χ1n) is 8.49. The minimum atomic E-state index is -0.235. The third-order valence-electron chi connectivity index (χ3n) is 3.70. The largest absolute Gasteiger partial charge is 0.484 e. The highest BCUT2D eigenvalue weighted by Gasteiger charge is 2.08. The fourth-order valence-corrected chi connectivity index (χ4v) is 3.23. The summed E-state index contributed by atoms with van der Waals surface area (Å²) in [5, 5.41) is 2.81. The van der Waals surface area contributed by atoms with Crippen molar-refractivity contribution in [3.63, 3.8) is 0 Å². The van der Waals surface area contributed by atoms with Crippen molar-refractivity contribution in [1.29, 1.82) is 0 Å². The zero-order chi connectivity index (χ0) is 18.9. The second-order valence-electron chi connectivity index (χ2n) is 5.76. The lowest BCUT2D eigenvalue weighted by atomic mass is 10.2. The summed E-state index contributed by atoms with van der Waals surface area (Å²) in [6, 6.07) is 25.8. The van der Waals surface area contributed by atoms with E-state index in [4.69, 9.17) is 4.74 Å². The topological polar surface area (TPSA) is 55.4 Å². The minimum Gasteiger partial charge on any atom is -0.484 e. The molecule has 5 heteroatoms. The van der Waals surface area contributed by atoms with Crippen molar-refractivity contribution >= 4 is 29.1 Å². The Morgan fingerprint density at radius 2 is 1.56 bits per heavy atom. The van der Waals surface area contributed by atoms with Gasteiger partial charge in [0.2, 0.25) is 0 Å². The molecule has 0 atom stereocenters. The molecule has 0 saturated carbocycles. The average molecular weight is 377 g/mol. The van der Waals surface area contributed by atoms with E-state index >= 15 is 0 Å². The molecule has 4 nitrogen and oxygen atoms in total. The Kier molecular flexibility index (Phi) is 6.66. The maximum absolute atomic E-state index is 12.2. The predicted molar refractivity (Wildman–Crippen MR) is 109 cm³/mol. The van der Waals surface area contributed by atoms with Gasteiger partial charge >= 0.3 is 0 Å². The summed E-state index contributed by atoms with van der Waals surface area (Å²) in [5.41, 5.74) is 1.38. The minimum absolute atomic E-state index is 0.0616. The molecule has 27 heavy (non-hydrogen) atoms. The number of rotatable bonds is 8. The molecule has 0 bridgehead atoms. The zero-order valence-electron chi connectivity index (χ0n) is 14.6. The molecule has 0 spiro atoms. The van der Waals surface area contributed by atoms with Gasteiger partial charge in [0.25, 0.3) is 5.91 Å². The van der Waals surface area contributed by atoms with Crippen LogP contribution in [0, 0.1) is 0 Å². The monoisotopic (exact) mass is 377 g/mol. The van der Waals surface area contributed by atoms with Gasteiger partial charge < -0.3 is 10.1 Å². The van der Waals surface area contributed by atoms with E-state index in [1.54, 1.807) is 12.1 Å². The van der Waals surface area contributed by atoms with E-state index in [1.165, 1.54) is 11.8 Å². The fourth-order valence-electron chi connectivity index (χ4n) is 2.38. The van der Waals surface area contributed by atoms with Crippen LogP contribution in [0.1, 0.15) is 10.4 Å². The van der Waals surface area contributed by atoms with Gasteiger partial charge in [0, 0.05) is 16.1 Å². The lowest BCUT2D eigenvalue weighted by Gasteiger charge is -2.09. The predicted octanol–water partition coefficient (Wildman–Crippen LogP) is 4.68. The van der Waals surface area contributed by atoms with E-state index in [2.05, 4.69) is 5.32 Å². The van der Waals surface area contributed by atoms with Crippen molar-refractivity contribution in [1.82, 2.24) is 0 Å². The Labute approximate surface area is 162 Å². The Bertz CT molecular complexity index is 898. The van der Waals surface area contributed by atoms with Crippen molar-refractivity contribution in [3.05, 3.63) is 90.5 Å². The van der Waals surface area contributed by atoms with E-state index in [-0.39, 0.29) is 18.3 Å². The summed E-state index contributed by atoms with van der Waals surface area (Å²) < 4.78 is 5.44. The smallest absolute Gasteiger partial charge is 0.262 e. The van der Waals surface area contributed by atoms with Gasteiger partial charge in [0.15, 0.2) is 12.4 Å². The van der Waals surface area contributed by atoms with Crippen LogP contribution in [0.3, 0.4) is 0 Å². The van der Waals surface area contributed by atoms with Gasteiger partial charge in [-0.15, -0.1) is 11.8 Å². The second-order valence-corrected chi connectivity index (χ2v) is 6.80. The lowest BCUT2D eigenvalue weighted by molar-refractivity contribution is -0.118. The van der Waals surface area contributed by atoms with Crippen LogP contribution in [0.2, 0.25) is 0 Å². The van der Waals surface area contributed by atoms with E-state index in [1.807, 2.05) is 72.8 Å². The molecule has 0 fully saturated rings. The second kappa shape index (κ2) is 9.59. The molecule has 0 unspecified atom stereocenters. The number of thioether (sulfide) groups is 1. The summed E-state index contributed by atoms with van der Waals surface area (Å²) in [6.07, 6.45) is 0. The van der Waals surface area contributed by atoms with Gasteiger partial charge in [-0.05, 0) is 30.3 Å². The Morgan fingerprint density at radius 3 is 2.30 bits per heavy atom. The third-order valence-corrected chi connectivity index (χ3v) is 4.69. The normalized spacial score (nSPS) is 10.2. The van der Waals surface area contributed by atoms with Gasteiger partial charge in [-0.3, -0.25) is 9.59 Å². The molecule has 0 aliphatic carbocycles. The van der Waals surface area contributed by atoms with E-state index in [9.17, 15) is 9.59 Å². The lowest BCUT2D eigenvalue weighted by Crippen LogP contribution is -2.20. The first kappa shape index (κ1) is 18.7. The van der Waals surface area contributed by atoms with E-state index in [0.29, 0.717) is 22.8 Å². The Hall–Kier alpha value is -3.05. The summed E-state index contributed by atoms with van der Waals surface area (Å²) >= 11 is 1.44. The van der Waals surface area contributed by atoms with Gasteiger partial charge in [-0.2, -0.15) is 0 Å². The molecule has 0 aromatic heterocycles. The molecule has 0 radical (unpaired) electrons. The van der Waals surface area contributed by atoms with Crippen molar-refractivity contribution in [2.24, 2.45) is 0 Å². The summed E-state index contributed by atoms with van der Waals surface area (Å²) in [4.78, 5) is 25.2. The number of Topliss-reactive ketones (excluding diaryl/α,β-unsaturated/α-hetero) is 1. The first-order valence-corrected chi connectivity index (χ1v) is 9.48. The number of para-hydroxylation sites is 1. The van der Waals surface area contributed by atoms with Crippen LogP contribution in [0.15, 0.2) is 89.8 Å². The highest BCUT2D eigenvalue weighted by atomic mass is 32.2. The van der Waals surface area contributed by atoms with Crippen LogP contribution in [0.25, 0.3) is 0 Å². The van der Waals surface area contributed by atoms with Crippen molar-refractivity contribution < 1.29 is 14.3 Å². The number of hydrogen-bond acceptors (Lipinski definition) is 4. The number of amides is 1. The number of ketones is 1. The average Bonchev–Trinajstić information content (AvgIpc) is 2.72. The van der Waals surface area contributed by atoms with Crippen LogP contribution >= 0.6 is 11.8 Å². The Morgan fingerprint density at radius 1 is 0.852 bits per heavy atom. The molecule has 3 aromatic carbocycles. The zero-order valence-corrected chi connectivity index (χ0v) is 15.4. The van der Waals surface area contributed by atoms with Gasteiger partial charge in [0.05, 0.1) is 5.75 Å². The highest BCUT2D eigenvalue weighted by molar-refractivity contribution is 8.00. The molecule has 0 aliphatic heterocycles. The van der Waals surface area contributed by atoms with Crippen molar-refractivity contribution in [2.45, 2.75) is 4.90 Å². The van der Waals surface area contributed by atoms with Crippen LogP contribution in [-0.2, 0) is 4.79 Å². The number of ether oxygens (including phenoxy) is 1. The fraction of sp³-hybridized carbons (Fsp3) is 0.0909. The molecule has 0 heterocycles. The SMILES string of the molecule is O=C(COc1ccccc1)Nc1cccc(SCC(=O)c2ccccc2)c1. The number of anilines is 1. The molecular weight excluding hydrogens is 358 g/mol. The maximum atomic E-state index is 12.2. The summed E-state index contributed by atoms with van der Waals surface area (Å²) in [6.45, 7) is -0.0616. The molecule has 136 valence electrons. The summed E-state index contributed by atoms with van der Waals surface area (Å²) in [5.74, 6) is 0.836. The molecule has 0 aliphatic rings. The van der Waals surface area contributed by atoms with Crippen LogP contribution in [0.5, 0.6) is 5.75 Å². The number of benzene rings is 3. The van der Waals surface area contributed by atoms with Crippen LogP contribution < -0.4 is 10.1 Å². The van der Waals surface area contributed by atoms with E-state index in [0.717, 1.165) is 4.90 Å². The number of carbonyl (C=O) groups is 2. The molecule has 1 N–H and O–H groups in total.